The molecule has 0 saturated carbocycles. The monoisotopic (exact) mass is 246 g/mol. The van der Waals surface area contributed by atoms with Crippen LogP contribution in [-0.4, -0.2) is 29.9 Å². The number of thiazole rings is 1. The minimum absolute atomic E-state index is 0.0411. The molecule has 0 aliphatic heterocycles. The maximum Gasteiger partial charge on any atom is 0.272 e. The highest BCUT2D eigenvalue weighted by atomic mass is 32.1. The third kappa shape index (κ3) is 2.91. The van der Waals surface area contributed by atoms with Crippen LogP contribution < -0.4 is 0 Å². The molecule has 1 aromatic heterocycles. The second kappa shape index (κ2) is 5.10. The Balaban J connectivity index is 2.12. The summed E-state index contributed by atoms with van der Waals surface area (Å²) in [4.78, 5) is 17.6. The molecule has 0 unspecified atom stereocenters. The Morgan fingerprint density at radius 2 is 2.00 bits per heavy atom. The van der Waals surface area contributed by atoms with Gasteiger partial charge >= 0.3 is 0 Å². The van der Waals surface area contributed by atoms with Gasteiger partial charge in [0.15, 0.2) is 0 Å². The van der Waals surface area contributed by atoms with E-state index in [2.05, 4.69) is 17.1 Å². The number of benzene rings is 1. The largest absolute Gasteiger partial charge is 0.343 e. The fourth-order valence-electron chi connectivity index (χ4n) is 1.49. The third-order valence-electron chi connectivity index (χ3n) is 2.38. The number of nitrogens with zero attached hydrogens (tertiary/aromatic N) is 2. The molecule has 0 N–H and O–H groups in total. The van der Waals surface area contributed by atoms with Gasteiger partial charge in [-0.25, -0.2) is 4.98 Å². The van der Waals surface area contributed by atoms with Crippen LogP contribution in [-0.2, 0) is 6.42 Å². The van der Waals surface area contributed by atoms with Gasteiger partial charge in [-0.05, 0) is 5.56 Å². The van der Waals surface area contributed by atoms with Crippen LogP contribution in [0.1, 0.15) is 21.1 Å². The Labute approximate surface area is 105 Å². The standard InChI is InChI=1S/C13H14N2OS/c1-15(2)13(16)11-9-17-12(14-11)8-10-6-4-3-5-7-10/h3-7,9H,8H2,1-2H3. The van der Waals surface area contributed by atoms with Crippen molar-refractivity contribution in [3.8, 4) is 0 Å². The fraction of sp³-hybridized carbons (Fsp3) is 0.231. The highest BCUT2D eigenvalue weighted by Gasteiger charge is 2.12. The van der Waals surface area contributed by atoms with Crippen LogP contribution in [0.2, 0.25) is 0 Å². The van der Waals surface area contributed by atoms with E-state index < -0.39 is 0 Å². The second-order valence-corrected chi connectivity index (χ2v) is 4.93. The van der Waals surface area contributed by atoms with E-state index in [0.717, 1.165) is 11.4 Å². The second-order valence-electron chi connectivity index (χ2n) is 3.99. The number of amides is 1. The van der Waals surface area contributed by atoms with Crippen LogP contribution in [0.15, 0.2) is 35.7 Å². The molecule has 88 valence electrons. The van der Waals surface area contributed by atoms with Gasteiger partial charge in [-0.15, -0.1) is 11.3 Å². The molecule has 0 radical (unpaired) electrons. The molecular formula is C13H14N2OS. The summed E-state index contributed by atoms with van der Waals surface area (Å²) in [5.74, 6) is -0.0411. The first-order valence-electron chi connectivity index (χ1n) is 5.37. The van der Waals surface area contributed by atoms with E-state index in [1.807, 2.05) is 23.6 Å². The van der Waals surface area contributed by atoms with Crippen molar-refractivity contribution in [1.29, 1.82) is 0 Å². The highest BCUT2D eigenvalue weighted by Crippen LogP contribution is 2.15. The van der Waals surface area contributed by atoms with E-state index in [-0.39, 0.29) is 5.91 Å². The van der Waals surface area contributed by atoms with Crippen molar-refractivity contribution in [3.63, 3.8) is 0 Å². The lowest BCUT2D eigenvalue weighted by atomic mass is 10.2. The van der Waals surface area contributed by atoms with Gasteiger partial charge in [0.25, 0.3) is 5.91 Å². The minimum Gasteiger partial charge on any atom is -0.343 e. The molecular weight excluding hydrogens is 232 g/mol. The molecule has 2 rings (SSSR count). The lowest BCUT2D eigenvalue weighted by Crippen LogP contribution is -2.21. The Morgan fingerprint density at radius 1 is 1.29 bits per heavy atom. The molecule has 1 amide bonds. The van der Waals surface area contributed by atoms with E-state index in [9.17, 15) is 4.79 Å². The number of carbonyl (C=O) groups excluding carboxylic acids is 1. The van der Waals surface area contributed by atoms with Gasteiger partial charge in [-0.3, -0.25) is 4.79 Å². The van der Waals surface area contributed by atoms with Gasteiger partial charge in [0.2, 0.25) is 0 Å². The van der Waals surface area contributed by atoms with Gasteiger partial charge in [0.05, 0.1) is 5.01 Å². The maximum absolute atomic E-state index is 11.7. The lowest BCUT2D eigenvalue weighted by molar-refractivity contribution is 0.0822. The normalized spacial score (nSPS) is 10.2. The number of aromatic nitrogens is 1. The van der Waals surface area contributed by atoms with Gasteiger partial charge in [-0.2, -0.15) is 0 Å². The number of rotatable bonds is 3. The quantitative estimate of drug-likeness (QED) is 0.833. The topological polar surface area (TPSA) is 33.2 Å². The number of carbonyl (C=O) groups is 1. The Kier molecular flexibility index (Phi) is 3.54. The first-order valence-corrected chi connectivity index (χ1v) is 6.25. The summed E-state index contributed by atoms with van der Waals surface area (Å²) in [5.41, 5.74) is 1.75. The first-order chi connectivity index (χ1) is 8.16. The smallest absolute Gasteiger partial charge is 0.272 e. The SMILES string of the molecule is CN(C)C(=O)c1csc(Cc2ccccc2)n1. The lowest BCUT2D eigenvalue weighted by Gasteiger charge is -2.06. The van der Waals surface area contributed by atoms with Crippen molar-refractivity contribution in [3.05, 3.63) is 52.0 Å². The predicted octanol–water partition coefficient (Wildman–Crippen LogP) is 2.44. The summed E-state index contributed by atoms with van der Waals surface area (Å²) < 4.78 is 0. The van der Waals surface area contributed by atoms with Crippen molar-refractivity contribution in [2.45, 2.75) is 6.42 Å². The Bertz CT molecular complexity index is 505. The van der Waals surface area contributed by atoms with Crippen LogP contribution in [0.5, 0.6) is 0 Å². The van der Waals surface area contributed by atoms with E-state index in [1.54, 1.807) is 19.0 Å². The minimum atomic E-state index is -0.0411. The van der Waals surface area contributed by atoms with Crippen molar-refractivity contribution in [2.75, 3.05) is 14.1 Å². The zero-order chi connectivity index (χ0) is 12.3. The predicted molar refractivity (Wildman–Crippen MR) is 69.4 cm³/mol. The molecule has 1 heterocycles. The van der Waals surface area contributed by atoms with Crippen LogP contribution in [0.25, 0.3) is 0 Å². The van der Waals surface area contributed by atoms with Crippen molar-refractivity contribution >= 4 is 17.2 Å². The van der Waals surface area contributed by atoms with Crippen LogP contribution in [0.3, 0.4) is 0 Å². The molecule has 3 nitrogen and oxygen atoms in total. The molecule has 0 atom stereocenters. The van der Waals surface area contributed by atoms with Crippen molar-refractivity contribution in [1.82, 2.24) is 9.88 Å². The van der Waals surface area contributed by atoms with Gasteiger partial charge in [0, 0.05) is 25.9 Å². The summed E-state index contributed by atoms with van der Waals surface area (Å²) in [6, 6.07) is 10.1. The molecule has 0 saturated heterocycles. The Hall–Kier alpha value is -1.68. The van der Waals surface area contributed by atoms with E-state index >= 15 is 0 Å². The molecule has 0 aliphatic rings. The zero-order valence-electron chi connectivity index (χ0n) is 9.88. The molecule has 2 aromatic rings. The van der Waals surface area contributed by atoms with Crippen molar-refractivity contribution < 1.29 is 4.79 Å². The third-order valence-corrected chi connectivity index (χ3v) is 3.22. The Morgan fingerprint density at radius 3 is 2.65 bits per heavy atom. The summed E-state index contributed by atoms with van der Waals surface area (Å²) in [6.07, 6.45) is 0.784. The maximum atomic E-state index is 11.7. The zero-order valence-corrected chi connectivity index (χ0v) is 10.7. The first kappa shape index (κ1) is 11.8. The summed E-state index contributed by atoms with van der Waals surface area (Å²) >= 11 is 1.53. The molecule has 0 fully saturated rings. The van der Waals surface area contributed by atoms with Crippen LogP contribution in [0, 0.1) is 0 Å². The average Bonchev–Trinajstić information content (AvgIpc) is 2.77. The van der Waals surface area contributed by atoms with Gasteiger partial charge < -0.3 is 4.90 Å². The van der Waals surface area contributed by atoms with Gasteiger partial charge in [0.1, 0.15) is 5.69 Å². The molecule has 17 heavy (non-hydrogen) atoms. The molecule has 0 aliphatic carbocycles. The fourth-order valence-corrected chi connectivity index (χ4v) is 2.29. The molecule has 0 spiro atoms. The highest BCUT2D eigenvalue weighted by molar-refractivity contribution is 7.09. The molecule has 1 aromatic carbocycles. The van der Waals surface area contributed by atoms with E-state index in [1.165, 1.54) is 16.9 Å². The molecule has 0 bridgehead atoms. The average molecular weight is 246 g/mol. The summed E-state index contributed by atoms with van der Waals surface area (Å²) in [5, 5.41) is 2.79. The van der Waals surface area contributed by atoms with Crippen LogP contribution >= 0.6 is 11.3 Å². The summed E-state index contributed by atoms with van der Waals surface area (Å²) in [6.45, 7) is 0. The van der Waals surface area contributed by atoms with E-state index in [4.69, 9.17) is 0 Å². The van der Waals surface area contributed by atoms with Crippen molar-refractivity contribution in [2.24, 2.45) is 0 Å². The van der Waals surface area contributed by atoms with Crippen LogP contribution in [0.4, 0.5) is 0 Å². The van der Waals surface area contributed by atoms with Gasteiger partial charge in [-0.1, -0.05) is 30.3 Å². The number of hydrogen-bond donors (Lipinski definition) is 0. The number of hydrogen-bond acceptors (Lipinski definition) is 3. The van der Waals surface area contributed by atoms with E-state index in [0.29, 0.717) is 5.69 Å². The molecule has 4 heteroatoms. The summed E-state index contributed by atoms with van der Waals surface area (Å²) in [7, 11) is 3.47.